The summed E-state index contributed by atoms with van der Waals surface area (Å²) in [6, 6.07) is 14.9. The highest BCUT2D eigenvalue weighted by molar-refractivity contribution is 6.39. The summed E-state index contributed by atoms with van der Waals surface area (Å²) in [5, 5.41) is 5.36. The van der Waals surface area contributed by atoms with Crippen LogP contribution in [-0.4, -0.2) is 17.9 Å². The number of carbonyl (C=O) groups is 2. The fourth-order valence-electron chi connectivity index (χ4n) is 2.65. The van der Waals surface area contributed by atoms with E-state index in [-0.39, 0.29) is 18.1 Å². The predicted molar refractivity (Wildman–Crippen MR) is 108 cm³/mol. The van der Waals surface area contributed by atoms with E-state index in [1.54, 1.807) is 6.07 Å². The van der Waals surface area contributed by atoms with Crippen LogP contribution in [0.5, 0.6) is 5.75 Å². The molecule has 2 rings (SSSR count). The van der Waals surface area contributed by atoms with Gasteiger partial charge in [-0.05, 0) is 48.6 Å². The Bertz CT molecular complexity index is 790. The van der Waals surface area contributed by atoms with E-state index in [4.69, 9.17) is 4.74 Å². The number of para-hydroxylation sites is 1. The van der Waals surface area contributed by atoms with Gasteiger partial charge in [0.15, 0.2) is 0 Å². The van der Waals surface area contributed by atoms with Gasteiger partial charge in [0.25, 0.3) is 0 Å². The van der Waals surface area contributed by atoms with Crippen LogP contribution in [0.4, 0.5) is 5.69 Å². The SMILES string of the molecule is CC(C)Oc1ccc(CNC(=O)C(=O)Nc2ccccc2C(C)(C)C)cc1. The fraction of sp³-hybridized carbons (Fsp3) is 0.364. The summed E-state index contributed by atoms with van der Waals surface area (Å²) < 4.78 is 5.59. The van der Waals surface area contributed by atoms with Crippen molar-refractivity contribution in [1.82, 2.24) is 5.32 Å². The van der Waals surface area contributed by atoms with Crippen LogP contribution in [0, 0.1) is 0 Å². The molecule has 0 aliphatic rings. The number of carbonyl (C=O) groups excluding carboxylic acids is 2. The molecule has 0 radical (unpaired) electrons. The Hall–Kier alpha value is -2.82. The minimum absolute atomic E-state index is 0.107. The standard InChI is InChI=1S/C22H28N2O3/c1-15(2)27-17-12-10-16(11-13-17)14-23-20(25)21(26)24-19-9-7-6-8-18(19)22(3,4)5/h6-13,15H,14H2,1-5H3,(H,23,25)(H,24,26). The molecule has 0 aliphatic carbocycles. The van der Waals surface area contributed by atoms with Gasteiger partial charge in [0.1, 0.15) is 5.75 Å². The first kappa shape index (κ1) is 20.5. The molecule has 0 aromatic heterocycles. The van der Waals surface area contributed by atoms with Gasteiger partial charge in [0, 0.05) is 12.2 Å². The Balaban J connectivity index is 1.94. The van der Waals surface area contributed by atoms with Gasteiger partial charge in [-0.15, -0.1) is 0 Å². The van der Waals surface area contributed by atoms with E-state index in [1.165, 1.54) is 0 Å². The smallest absolute Gasteiger partial charge is 0.313 e. The lowest BCUT2D eigenvalue weighted by Gasteiger charge is -2.22. The molecular formula is C22H28N2O3. The predicted octanol–water partition coefficient (Wildman–Crippen LogP) is 4.03. The molecule has 0 heterocycles. The molecule has 27 heavy (non-hydrogen) atoms. The highest BCUT2D eigenvalue weighted by Crippen LogP contribution is 2.29. The van der Waals surface area contributed by atoms with Crippen molar-refractivity contribution in [1.29, 1.82) is 0 Å². The summed E-state index contributed by atoms with van der Waals surface area (Å²) in [5.74, 6) is -0.565. The highest BCUT2D eigenvalue weighted by atomic mass is 16.5. The van der Waals surface area contributed by atoms with Crippen molar-refractivity contribution in [2.45, 2.75) is 52.7 Å². The Morgan fingerprint density at radius 3 is 2.19 bits per heavy atom. The molecule has 2 N–H and O–H groups in total. The largest absolute Gasteiger partial charge is 0.491 e. The molecule has 0 spiro atoms. The van der Waals surface area contributed by atoms with E-state index >= 15 is 0 Å². The summed E-state index contributed by atoms with van der Waals surface area (Å²) in [6.45, 7) is 10.4. The van der Waals surface area contributed by atoms with Crippen LogP contribution in [0.3, 0.4) is 0 Å². The second-order valence-electron chi connectivity index (χ2n) is 7.74. The van der Waals surface area contributed by atoms with Crippen molar-refractivity contribution in [2.24, 2.45) is 0 Å². The average Bonchev–Trinajstić information content (AvgIpc) is 2.60. The molecule has 5 nitrogen and oxygen atoms in total. The number of amides is 2. The Kier molecular flexibility index (Phi) is 6.61. The monoisotopic (exact) mass is 368 g/mol. The number of rotatable bonds is 5. The molecule has 0 fully saturated rings. The fourth-order valence-corrected chi connectivity index (χ4v) is 2.65. The lowest BCUT2D eigenvalue weighted by molar-refractivity contribution is -0.136. The molecule has 0 unspecified atom stereocenters. The van der Waals surface area contributed by atoms with Gasteiger partial charge in [-0.25, -0.2) is 0 Å². The molecule has 2 aromatic rings. The van der Waals surface area contributed by atoms with Gasteiger partial charge in [0.2, 0.25) is 0 Å². The van der Waals surface area contributed by atoms with Gasteiger partial charge < -0.3 is 15.4 Å². The third-order valence-corrected chi connectivity index (χ3v) is 3.94. The summed E-state index contributed by atoms with van der Waals surface area (Å²) in [7, 11) is 0. The second-order valence-corrected chi connectivity index (χ2v) is 7.74. The average molecular weight is 368 g/mol. The molecule has 2 amide bonds. The molecule has 0 atom stereocenters. The maximum Gasteiger partial charge on any atom is 0.313 e. The minimum Gasteiger partial charge on any atom is -0.491 e. The lowest BCUT2D eigenvalue weighted by Crippen LogP contribution is -2.35. The topological polar surface area (TPSA) is 67.4 Å². The molecule has 144 valence electrons. The molecule has 5 heteroatoms. The summed E-state index contributed by atoms with van der Waals surface area (Å²) in [6.07, 6.45) is 0.107. The highest BCUT2D eigenvalue weighted by Gasteiger charge is 2.20. The molecular weight excluding hydrogens is 340 g/mol. The maximum absolute atomic E-state index is 12.2. The number of hydrogen-bond donors (Lipinski definition) is 2. The summed E-state index contributed by atoms with van der Waals surface area (Å²) in [4.78, 5) is 24.4. The van der Waals surface area contributed by atoms with Crippen LogP contribution >= 0.6 is 0 Å². The van der Waals surface area contributed by atoms with Crippen molar-refractivity contribution in [3.05, 3.63) is 59.7 Å². The lowest BCUT2D eigenvalue weighted by atomic mass is 9.86. The van der Waals surface area contributed by atoms with Gasteiger partial charge >= 0.3 is 11.8 Å². The van der Waals surface area contributed by atoms with E-state index in [2.05, 4.69) is 31.4 Å². The molecule has 0 bridgehead atoms. The van der Waals surface area contributed by atoms with Crippen LogP contribution in [-0.2, 0) is 21.5 Å². The minimum atomic E-state index is -0.675. The first-order valence-electron chi connectivity index (χ1n) is 9.11. The van der Waals surface area contributed by atoms with Crippen molar-refractivity contribution in [2.75, 3.05) is 5.32 Å². The zero-order valence-corrected chi connectivity index (χ0v) is 16.6. The van der Waals surface area contributed by atoms with Crippen LogP contribution in [0.15, 0.2) is 48.5 Å². The van der Waals surface area contributed by atoms with Gasteiger partial charge in [-0.2, -0.15) is 0 Å². The van der Waals surface area contributed by atoms with E-state index in [1.807, 2.05) is 56.3 Å². The van der Waals surface area contributed by atoms with Crippen molar-refractivity contribution < 1.29 is 14.3 Å². The Morgan fingerprint density at radius 2 is 1.59 bits per heavy atom. The van der Waals surface area contributed by atoms with Crippen LogP contribution in [0.2, 0.25) is 0 Å². The van der Waals surface area contributed by atoms with Crippen LogP contribution in [0.25, 0.3) is 0 Å². The van der Waals surface area contributed by atoms with Crippen molar-refractivity contribution >= 4 is 17.5 Å². The van der Waals surface area contributed by atoms with Crippen LogP contribution < -0.4 is 15.4 Å². The number of hydrogen-bond acceptors (Lipinski definition) is 3. The zero-order valence-electron chi connectivity index (χ0n) is 16.6. The molecule has 0 aliphatic heterocycles. The molecule has 2 aromatic carbocycles. The van der Waals surface area contributed by atoms with E-state index in [9.17, 15) is 9.59 Å². The Labute approximate surface area is 161 Å². The van der Waals surface area contributed by atoms with Gasteiger partial charge in [0.05, 0.1) is 6.10 Å². The molecule has 0 saturated carbocycles. The first-order valence-corrected chi connectivity index (χ1v) is 9.11. The normalized spacial score (nSPS) is 11.2. The Morgan fingerprint density at radius 1 is 0.963 bits per heavy atom. The quantitative estimate of drug-likeness (QED) is 0.783. The van der Waals surface area contributed by atoms with Crippen molar-refractivity contribution in [3.63, 3.8) is 0 Å². The number of ether oxygens (including phenoxy) is 1. The summed E-state index contributed by atoms with van der Waals surface area (Å²) in [5.41, 5.74) is 2.38. The van der Waals surface area contributed by atoms with E-state index in [0.29, 0.717) is 5.69 Å². The van der Waals surface area contributed by atoms with Gasteiger partial charge in [-0.3, -0.25) is 9.59 Å². The van der Waals surface area contributed by atoms with Crippen LogP contribution in [0.1, 0.15) is 45.7 Å². The second kappa shape index (κ2) is 8.71. The third kappa shape index (κ3) is 6.13. The number of anilines is 1. The number of benzene rings is 2. The number of nitrogens with one attached hydrogen (secondary N) is 2. The molecule has 0 saturated heterocycles. The first-order chi connectivity index (χ1) is 12.7. The van der Waals surface area contributed by atoms with E-state index < -0.39 is 11.8 Å². The summed E-state index contributed by atoms with van der Waals surface area (Å²) >= 11 is 0. The third-order valence-electron chi connectivity index (χ3n) is 3.94. The maximum atomic E-state index is 12.2. The van der Waals surface area contributed by atoms with Crippen molar-refractivity contribution in [3.8, 4) is 5.75 Å². The van der Waals surface area contributed by atoms with Gasteiger partial charge in [-0.1, -0.05) is 51.1 Å². The van der Waals surface area contributed by atoms with E-state index in [0.717, 1.165) is 16.9 Å². The zero-order chi connectivity index (χ0) is 20.0.